The largest absolute Gasteiger partial charge is 0.361 e. The highest BCUT2D eigenvalue weighted by Crippen LogP contribution is 2.22. The van der Waals surface area contributed by atoms with Crippen LogP contribution in [0.4, 0.5) is 0 Å². The second-order valence-corrected chi connectivity index (χ2v) is 5.99. The van der Waals surface area contributed by atoms with Crippen LogP contribution >= 0.6 is 0 Å². The number of imide groups is 1. The summed E-state index contributed by atoms with van der Waals surface area (Å²) in [5.41, 5.74) is 3.03. The molecule has 6 nitrogen and oxygen atoms in total. The van der Waals surface area contributed by atoms with Crippen molar-refractivity contribution in [3.63, 3.8) is 0 Å². The Hall–Kier alpha value is -2.47. The molecule has 2 aromatic rings. The Morgan fingerprint density at radius 3 is 2.33 bits per heavy atom. The molecule has 2 heterocycles. The Kier molecular flexibility index (Phi) is 4.76. The van der Waals surface area contributed by atoms with Crippen molar-refractivity contribution in [2.45, 2.75) is 33.2 Å². The third-order valence-electron chi connectivity index (χ3n) is 4.35. The Morgan fingerprint density at radius 1 is 1.08 bits per heavy atom. The summed E-state index contributed by atoms with van der Waals surface area (Å²) in [6.45, 7) is 5.82. The first kappa shape index (κ1) is 16.4. The molecule has 0 atom stereocenters. The zero-order chi connectivity index (χ0) is 17.1. The first-order valence-electron chi connectivity index (χ1n) is 8.17. The molecule has 1 aliphatic rings. The van der Waals surface area contributed by atoms with Gasteiger partial charge in [0.1, 0.15) is 5.76 Å². The molecular weight excluding hydrogens is 306 g/mol. The van der Waals surface area contributed by atoms with Crippen LogP contribution in [0.3, 0.4) is 0 Å². The van der Waals surface area contributed by atoms with Gasteiger partial charge < -0.3 is 9.84 Å². The fraction of sp³-hybridized carbons (Fsp3) is 0.389. The number of carbonyl (C=O) groups is 2. The number of hydrogen-bond acceptors (Lipinski definition) is 5. The summed E-state index contributed by atoms with van der Waals surface area (Å²) in [7, 11) is 0. The molecule has 6 heteroatoms. The number of carbonyl (C=O) groups excluding carboxylic acids is 2. The smallest absolute Gasteiger partial charge is 0.261 e. The molecule has 24 heavy (non-hydrogen) atoms. The number of nitrogens with zero attached hydrogens (tertiary/aromatic N) is 2. The van der Waals surface area contributed by atoms with Crippen LogP contribution in [-0.4, -0.2) is 35.0 Å². The van der Waals surface area contributed by atoms with Crippen LogP contribution < -0.4 is 5.32 Å². The van der Waals surface area contributed by atoms with E-state index >= 15 is 0 Å². The monoisotopic (exact) mass is 327 g/mol. The van der Waals surface area contributed by atoms with Crippen molar-refractivity contribution in [3.8, 4) is 0 Å². The minimum atomic E-state index is -0.181. The van der Waals surface area contributed by atoms with Crippen molar-refractivity contribution >= 4 is 11.8 Å². The number of nitrogens with one attached hydrogen (secondary N) is 1. The predicted molar refractivity (Wildman–Crippen MR) is 88.7 cm³/mol. The summed E-state index contributed by atoms with van der Waals surface area (Å²) >= 11 is 0. The Bertz CT molecular complexity index is 712. The highest BCUT2D eigenvalue weighted by molar-refractivity contribution is 6.21. The highest BCUT2D eigenvalue weighted by Gasteiger charge is 2.34. The van der Waals surface area contributed by atoms with Crippen LogP contribution in [0.2, 0.25) is 0 Å². The lowest BCUT2D eigenvalue weighted by Gasteiger charge is -2.13. The minimum Gasteiger partial charge on any atom is -0.361 e. The highest BCUT2D eigenvalue weighted by atomic mass is 16.5. The summed E-state index contributed by atoms with van der Waals surface area (Å²) in [6, 6.07) is 6.99. The van der Waals surface area contributed by atoms with Crippen LogP contribution in [0.1, 0.15) is 50.6 Å². The Labute approximate surface area is 140 Å². The number of hydrogen-bond donors (Lipinski definition) is 1. The molecule has 0 radical (unpaired) electrons. The van der Waals surface area contributed by atoms with E-state index in [1.165, 1.54) is 4.90 Å². The average molecular weight is 327 g/mol. The zero-order valence-electron chi connectivity index (χ0n) is 14.0. The van der Waals surface area contributed by atoms with E-state index in [4.69, 9.17) is 4.52 Å². The Morgan fingerprint density at radius 2 is 1.75 bits per heavy atom. The van der Waals surface area contributed by atoms with Gasteiger partial charge in [-0.05, 0) is 45.4 Å². The zero-order valence-corrected chi connectivity index (χ0v) is 14.0. The van der Waals surface area contributed by atoms with Gasteiger partial charge in [0.2, 0.25) is 0 Å². The summed E-state index contributed by atoms with van der Waals surface area (Å²) in [4.78, 5) is 25.8. The summed E-state index contributed by atoms with van der Waals surface area (Å²) in [5, 5.41) is 7.27. The standard InChI is InChI=1S/C18H21N3O3/c1-12-16(13(2)24-20-12)11-19-9-5-6-10-21-17(22)14-7-3-4-8-15(14)18(21)23/h3-4,7-8,19H,5-6,9-11H2,1-2H3. The fourth-order valence-electron chi connectivity index (χ4n) is 2.93. The first-order valence-corrected chi connectivity index (χ1v) is 8.17. The van der Waals surface area contributed by atoms with E-state index in [1.807, 2.05) is 13.8 Å². The second kappa shape index (κ2) is 6.97. The number of fused-ring (bicyclic) bond motifs is 1. The maximum Gasteiger partial charge on any atom is 0.261 e. The molecule has 0 unspecified atom stereocenters. The van der Waals surface area contributed by atoms with Crippen LogP contribution in [0, 0.1) is 13.8 Å². The molecule has 0 fully saturated rings. The van der Waals surface area contributed by atoms with Gasteiger partial charge in [-0.3, -0.25) is 14.5 Å². The van der Waals surface area contributed by atoms with Gasteiger partial charge in [-0.25, -0.2) is 0 Å². The summed E-state index contributed by atoms with van der Waals surface area (Å²) in [5.74, 6) is 0.476. The molecule has 2 amide bonds. The van der Waals surface area contributed by atoms with Crippen LogP contribution in [-0.2, 0) is 6.54 Å². The number of aryl methyl sites for hydroxylation is 2. The minimum absolute atomic E-state index is 0.181. The quantitative estimate of drug-likeness (QED) is 0.624. The third-order valence-corrected chi connectivity index (χ3v) is 4.35. The van der Waals surface area contributed by atoms with Gasteiger partial charge in [-0.15, -0.1) is 0 Å². The van der Waals surface area contributed by atoms with Crippen molar-refractivity contribution in [1.82, 2.24) is 15.4 Å². The van der Waals surface area contributed by atoms with E-state index in [1.54, 1.807) is 24.3 Å². The van der Waals surface area contributed by atoms with E-state index in [0.29, 0.717) is 24.2 Å². The van der Waals surface area contributed by atoms with E-state index in [-0.39, 0.29) is 11.8 Å². The molecule has 0 aliphatic carbocycles. The topological polar surface area (TPSA) is 75.4 Å². The Balaban J connectivity index is 1.42. The summed E-state index contributed by atoms with van der Waals surface area (Å²) in [6.07, 6.45) is 1.66. The number of amides is 2. The second-order valence-electron chi connectivity index (χ2n) is 5.99. The number of benzene rings is 1. The van der Waals surface area contributed by atoms with Gasteiger partial charge in [0.05, 0.1) is 16.8 Å². The van der Waals surface area contributed by atoms with Crippen molar-refractivity contribution in [2.24, 2.45) is 0 Å². The van der Waals surface area contributed by atoms with Gasteiger partial charge >= 0.3 is 0 Å². The van der Waals surface area contributed by atoms with Crippen LogP contribution in [0.15, 0.2) is 28.8 Å². The van der Waals surface area contributed by atoms with E-state index in [9.17, 15) is 9.59 Å². The lowest BCUT2D eigenvalue weighted by molar-refractivity contribution is 0.0651. The van der Waals surface area contributed by atoms with Crippen molar-refractivity contribution in [2.75, 3.05) is 13.1 Å². The molecule has 0 saturated heterocycles. The van der Waals surface area contributed by atoms with Gasteiger partial charge in [-0.2, -0.15) is 0 Å². The summed E-state index contributed by atoms with van der Waals surface area (Å²) < 4.78 is 5.12. The van der Waals surface area contributed by atoms with E-state index in [0.717, 1.165) is 36.4 Å². The predicted octanol–water partition coefficient (Wildman–Crippen LogP) is 2.46. The van der Waals surface area contributed by atoms with Gasteiger partial charge in [0.15, 0.2) is 0 Å². The molecule has 1 aliphatic heterocycles. The maximum atomic E-state index is 12.2. The van der Waals surface area contributed by atoms with Crippen molar-refractivity contribution in [3.05, 3.63) is 52.4 Å². The molecule has 1 aromatic heterocycles. The van der Waals surface area contributed by atoms with Crippen molar-refractivity contribution < 1.29 is 14.1 Å². The van der Waals surface area contributed by atoms with Crippen molar-refractivity contribution in [1.29, 1.82) is 0 Å². The lowest BCUT2D eigenvalue weighted by atomic mass is 10.1. The fourth-order valence-corrected chi connectivity index (χ4v) is 2.93. The average Bonchev–Trinajstić information content (AvgIpc) is 3.03. The third kappa shape index (κ3) is 3.10. The maximum absolute atomic E-state index is 12.2. The molecule has 0 spiro atoms. The molecule has 0 saturated carbocycles. The molecule has 3 rings (SSSR count). The molecule has 126 valence electrons. The van der Waals surface area contributed by atoms with Gasteiger partial charge in [-0.1, -0.05) is 17.3 Å². The molecule has 1 N–H and O–H groups in total. The molecule has 0 bridgehead atoms. The first-order chi connectivity index (χ1) is 11.6. The van der Waals surface area contributed by atoms with Crippen LogP contribution in [0.25, 0.3) is 0 Å². The normalized spacial score (nSPS) is 13.7. The molecule has 1 aromatic carbocycles. The van der Waals surface area contributed by atoms with E-state index < -0.39 is 0 Å². The number of unbranched alkanes of at least 4 members (excludes halogenated alkanes) is 1. The van der Waals surface area contributed by atoms with Gasteiger partial charge in [0, 0.05) is 18.7 Å². The number of rotatable bonds is 7. The van der Waals surface area contributed by atoms with Gasteiger partial charge in [0.25, 0.3) is 11.8 Å². The SMILES string of the molecule is Cc1noc(C)c1CNCCCCN1C(=O)c2ccccc2C1=O. The molecular formula is C18H21N3O3. The lowest BCUT2D eigenvalue weighted by Crippen LogP contribution is -2.31. The number of aromatic nitrogens is 1. The van der Waals surface area contributed by atoms with Crippen LogP contribution in [0.5, 0.6) is 0 Å². The van der Waals surface area contributed by atoms with E-state index in [2.05, 4.69) is 10.5 Å².